The van der Waals surface area contributed by atoms with Gasteiger partial charge in [-0.1, -0.05) is 0 Å². The molecule has 1 aliphatic carbocycles. The lowest BCUT2D eigenvalue weighted by atomic mass is 9.79. The first kappa shape index (κ1) is 14.8. The second-order valence-corrected chi connectivity index (χ2v) is 5.84. The van der Waals surface area contributed by atoms with Gasteiger partial charge in [-0.3, -0.25) is 4.79 Å². The third kappa shape index (κ3) is 4.44. The van der Waals surface area contributed by atoms with Crippen LogP contribution >= 0.6 is 0 Å². The van der Waals surface area contributed by atoms with Crippen LogP contribution in [0.5, 0.6) is 0 Å². The van der Waals surface area contributed by atoms with Crippen LogP contribution in [0.3, 0.4) is 0 Å². The molecule has 1 heterocycles. The number of carboxylic acids is 1. The molecule has 1 saturated carbocycles. The van der Waals surface area contributed by atoms with Gasteiger partial charge in [0.1, 0.15) is 0 Å². The molecule has 5 nitrogen and oxygen atoms in total. The molecule has 0 aromatic carbocycles. The van der Waals surface area contributed by atoms with E-state index in [1.807, 2.05) is 0 Å². The molecular formula is C14H24O5. The van der Waals surface area contributed by atoms with Gasteiger partial charge in [0.25, 0.3) is 0 Å². The summed E-state index contributed by atoms with van der Waals surface area (Å²) in [7, 11) is 0. The highest BCUT2D eigenvalue weighted by Gasteiger charge is 2.36. The van der Waals surface area contributed by atoms with Crippen LogP contribution in [0.15, 0.2) is 0 Å². The van der Waals surface area contributed by atoms with Gasteiger partial charge in [-0.05, 0) is 44.9 Å². The number of rotatable bonds is 5. The Morgan fingerprint density at radius 2 is 2.00 bits per heavy atom. The number of hydrogen-bond acceptors (Lipinski definition) is 4. The van der Waals surface area contributed by atoms with Crippen LogP contribution in [0.25, 0.3) is 0 Å². The Morgan fingerprint density at radius 3 is 2.58 bits per heavy atom. The van der Waals surface area contributed by atoms with Crippen molar-refractivity contribution in [1.29, 1.82) is 0 Å². The Morgan fingerprint density at radius 1 is 1.26 bits per heavy atom. The highest BCUT2D eigenvalue weighted by atomic mass is 16.5. The molecule has 0 radical (unpaired) electrons. The van der Waals surface area contributed by atoms with Gasteiger partial charge in [0.15, 0.2) is 0 Å². The van der Waals surface area contributed by atoms with E-state index in [1.54, 1.807) is 0 Å². The molecule has 0 spiro atoms. The first-order valence-electron chi connectivity index (χ1n) is 7.24. The minimum atomic E-state index is -0.847. The van der Waals surface area contributed by atoms with E-state index in [2.05, 4.69) is 0 Å². The first-order chi connectivity index (χ1) is 9.09. The van der Waals surface area contributed by atoms with Crippen molar-refractivity contribution in [1.82, 2.24) is 0 Å². The second-order valence-electron chi connectivity index (χ2n) is 5.84. The summed E-state index contributed by atoms with van der Waals surface area (Å²) in [6, 6.07) is 0. The van der Waals surface area contributed by atoms with Gasteiger partial charge in [-0.2, -0.15) is 0 Å². The lowest BCUT2D eigenvalue weighted by molar-refractivity contribution is -0.147. The summed E-state index contributed by atoms with van der Waals surface area (Å²) in [5.41, 5.74) is -0.847. The molecule has 0 bridgehead atoms. The van der Waals surface area contributed by atoms with Crippen LogP contribution in [0, 0.1) is 5.92 Å². The van der Waals surface area contributed by atoms with Gasteiger partial charge in [0.2, 0.25) is 0 Å². The predicted molar refractivity (Wildman–Crippen MR) is 69.0 cm³/mol. The Hall–Kier alpha value is -0.650. The predicted octanol–water partition coefficient (Wildman–Crippen LogP) is 1.58. The second kappa shape index (κ2) is 6.68. The summed E-state index contributed by atoms with van der Waals surface area (Å²) in [5.74, 6) is -1.06. The van der Waals surface area contributed by atoms with Gasteiger partial charge in [-0.15, -0.1) is 0 Å². The maximum atomic E-state index is 10.9. The molecule has 2 N–H and O–H groups in total. The third-order valence-corrected chi connectivity index (χ3v) is 4.21. The number of aliphatic hydroxyl groups is 1. The van der Waals surface area contributed by atoms with Crippen molar-refractivity contribution in [2.24, 2.45) is 5.92 Å². The number of hydrogen-bond donors (Lipinski definition) is 2. The first-order valence-corrected chi connectivity index (χ1v) is 7.24. The van der Waals surface area contributed by atoms with Crippen molar-refractivity contribution in [2.45, 2.75) is 56.7 Å². The summed E-state index contributed by atoms with van der Waals surface area (Å²) in [6.07, 6.45) is 5.58. The minimum Gasteiger partial charge on any atom is -0.481 e. The molecule has 110 valence electrons. The van der Waals surface area contributed by atoms with Crippen LogP contribution in [0.4, 0.5) is 0 Å². The lowest BCUT2D eigenvalue weighted by Gasteiger charge is -2.34. The van der Waals surface area contributed by atoms with Crippen molar-refractivity contribution >= 4 is 5.97 Å². The quantitative estimate of drug-likeness (QED) is 0.794. The van der Waals surface area contributed by atoms with Crippen molar-refractivity contribution in [3.05, 3.63) is 0 Å². The summed E-state index contributed by atoms with van der Waals surface area (Å²) >= 11 is 0. The Balaban J connectivity index is 1.66. The van der Waals surface area contributed by atoms with E-state index < -0.39 is 11.6 Å². The van der Waals surface area contributed by atoms with E-state index >= 15 is 0 Å². The molecule has 19 heavy (non-hydrogen) atoms. The van der Waals surface area contributed by atoms with Crippen LogP contribution in [-0.2, 0) is 14.3 Å². The number of aliphatic carboxylic acids is 1. The van der Waals surface area contributed by atoms with Crippen LogP contribution in [0.2, 0.25) is 0 Å². The van der Waals surface area contributed by atoms with Gasteiger partial charge in [-0.25, -0.2) is 0 Å². The van der Waals surface area contributed by atoms with Crippen LogP contribution in [0.1, 0.15) is 44.9 Å². The molecule has 0 aromatic rings. The standard InChI is InChI=1S/C14H24O5/c15-13(16)11-4-6-14(17,7-5-11)10-18-9-12-3-1-2-8-19-12/h11-12,17H,1-10H2,(H,15,16). The van der Waals surface area contributed by atoms with E-state index in [4.69, 9.17) is 14.6 Å². The van der Waals surface area contributed by atoms with Crippen LogP contribution in [-0.4, -0.2) is 47.7 Å². The summed E-state index contributed by atoms with van der Waals surface area (Å²) in [5, 5.41) is 19.3. The van der Waals surface area contributed by atoms with Gasteiger partial charge < -0.3 is 19.7 Å². The normalized spacial score (nSPS) is 36.1. The third-order valence-electron chi connectivity index (χ3n) is 4.21. The monoisotopic (exact) mass is 272 g/mol. The van der Waals surface area contributed by atoms with E-state index in [0.29, 0.717) is 38.9 Å². The summed E-state index contributed by atoms with van der Waals surface area (Å²) in [4.78, 5) is 10.9. The highest BCUT2D eigenvalue weighted by Crippen LogP contribution is 2.32. The van der Waals surface area contributed by atoms with E-state index in [1.165, 1.54) is 6.42 Å². The number of ether oxygens (including phenoxy) is 2. The molecule has 2 rings (SSSR count). The molecule has 1 atom stereocenters. The zero-order chi connectivity index (χ0) is 13.7. The largest absolute Gasteiger partial charge is 0.481 e. The zero-order valence-electron chi connectivity index (χ0n) is 11.3. The van der Waals surface area contributed by atoms with E-state index in [9.17, 15) is 9.90 Å². The molecule has 0 amide bonds. The van der Waals surface area contributed by atoms with Crippen LogP contribution < -0.4 is 0 Å². The van der Waals surface area contributed by atoms with Crippen molar-refractivity contribution in [2.75, 3.05) is 19.8 Å². The molecule has 1 aliphatic heterocycles. The van der Waals surface area contributed by atoms with Crippen molar-refractivity contribution in [3.63, 3.8) is 0 Å². The maximum Gasteiger partial charge on any atom is 0.306 e. The molecule has 1 saturated heterocycles. The molecule has 5 heteroatoms. The molecule has 2 aliphatic rings. The fourth-order valence-electron chi connectivity index (χ4n) is 2.87. The Kier molecular flexibility index (Phi) is 5.19. The Bertz CT molecular complexity index is 290. The van der Waals surface area contributed by atoms with Crippen molar-refractivity contribution < 1.29 is 24.5 Å². The number of carbonyl (C=O) groups is 1. The topological polar surface area (TPSA) is 76.0 Å². The molecular weight excluding hydrogens is 248 g/mol. The smallest absolute Gasteiger partial charge is 0.306 e. The van der Waals surface area contributed by atoms with Gasteiger partial charge >= 0.3 is 5.97 Å². The summed E-state index contributed by atoms with van der Waals surface area (Å²) < 4.78 is 11.2. The van der Waals surface area contributed by atoms with E-state index in [-0.39, 0.29) is 12.0 Å². The van der Waals surface area contributed by atoms with Gasteiger partial charge in [0, 0.05) is 6.61 Å². The molecule has 1 unspecified atom stereocenters. The average molecular weight is 272 g/mol. The zero-order valence-corrected chi connectivity index (χ0v) is 11.3. The summed E-state index contributed by atoms with van der Waals surface area (Å²) in [6.45, 7) is 1.63. The maximum absolute atomic E-state index is 10.9. The fraction of sp³-hybridized carbons (Fsp3) is 0.929. The van der Waals surface area contributed by atoms with Crippen molar-refractivity contribution in [3.8, 4) is 0 Å². The molecule has 0 aromatic heterocycles. The molecule has 2 fully saturated rings. The lowest BCUT2D eigenvalue weighted by Crippen LogP contribution is -2.41. The SMILES string of the molecule is O=C(O)C1CCC(O)(COCC2CCCCO2)CC1. The van der Waals surface area contributed by atoms with E-state index in [0.717, 1.165) is 19.4 Å². The number of carboxylic acid groups (broad SMARTS) is 1. The fourth-order valence-corrected chi connectivity index (χ4v) is 2.87. The highest BCUT2D eigenvalue weighted by molar-refractivity contribution is 5.70. The Labute approximate surface area is 113 Å². The average Bonchev–Trinajstić information content (AvgIpc) is 2.40. The van der Waals surface area contributed by atoms with Gasteiger partial charge in [0.05, 0.1) is 30.8 Å². The minimum absolute atomic E-state index is 0.160.